The van der Waals surface area contributed by atoms with E-state index in [0.717, 1.165) is 6.07 Å². The van der Waals surface area contributed by atoms with Crippen LogP contribution in [-0.4, -0.2) is 33.1 Å². The number of nitro benzene ring substituents is 1. The molecule has 1 rings (SSSR count). The third kappa shape index (κ3) is 3.74. The third-order valence-corrected chi connectivity index (χ3v) is 4.73. The number of hydrogen-bond donors (Lipinski definition) is 1. The summed E-state index contributed by atoms with van der Waals surface area (Å²) >= 11 is 0. The first-order valence-corrected chi connectivity index (χ1v) is 7.55. The SMILES string of the molecule is COCC(C)NS(=O)(=O)c1c(C)cc(F)c([N+](=O)[O-])c1C. The standard InChI is InChI=1S/C12H17FN2O5S/c1-7-5-10(13)11(15(16)17)9(3)12(7)21(18,19)14-8(2)6-20-4/h5,8,14H,6H2,1-4H3. The van der Waals surface area contributed by atoms with Gasteiger partial charge in [-0.3, -0.25) is 10.1 Å². The molecule has 0 aliphatic rings. The predicted molar refractivity (Wildman–Crippen MR) is 74.2 cm³/mol. The van der Waals surface area contributed by atoms with Crippen LogP contribution in [0.4, 0.5) is 10.1 Å². The molecule has 1 aromatic carbocycles. The molecule has 0 spiro atoms. The first-order chi connectivity index (χ1) is 9.61. The molecule has 1 aromatic rings. The fourth-order valence-corrected chi connectivity index (χ4v) is 3.85. The van der Waals surface area contributed by atoms with Crippen molar-refractivity contribution >= 4 is 15.7 Å². The number of methoxy groups -OCH3 is 1. The Balaban J connectivity index is 3.43. The number of benzene rings is 1. The Kier molecular flexibility index (Phi) is 5.37. The minimum atomic E-state index is -4.02. The van der Waals surface area contributed by atoms with E-state index in [4.69, 9.17) is 4.74 Å². The average Bonchev–Trinajstić information content (AvgIpc) is 2.25. The number of hydrogen-bond acceptors (Lipinski definition) is 5. The van der Waals surface area contributed by atoms with Crippen molar-refractivity contribution in [1.29, 1.82) is 0 Å². The normalized spacial score (nSPS) is 13.2. The van der Waals surface area contributed by atoms with E-state index in [1.165, 1.54) is 21.0 Å². The van der Waals surface area contributed by atoms with Gasteiger partial charge in [0, 0.05) is 13.2 Å². The molecule has 0 radical (unpaired) electrons. The zero-order chi connectivity index (χ0) is 16.4. The van der Waals surface area contributed by atoms with Crippen LogP contribution in [0.2, 0.25) is 0 Å². The van der Waals surface area contributed by atoms with Crippen molar-refractivity contribution < 1.29 is 22.5 Å². The zero-order valence-electron chi connectivity index (χ0n) is 12.1. The van der Waals surface area contributed by atoms with E-state index in [-0.39, 0.29) is 22.6 Å². The van der Waals surface area contributed by atoms with E-state index in [0.29, 0.717) is 0 Å². The Labute approximate surface area is 122 Å². The second-order valence-electron chi connectivity index (χ2n) is 4.71. The van der Waals surface area contributed by atoms with Crippen molar-refractivity contribution in [1.82, 2.24) is 4.72 Å². The van der Waals surface area contributed by atoms with Gasteiger partial charge in [0.05, 0.1) is 22.0 Å². The van der Waals surface area contributed by atoms with Crippen LogP contribution >= 0.6 is 0 Å². The van der Waals surface area contributed by atoms with Crippen LogP contribution in [0, 0.1) is 29.8 Å². The smallest absolute Gasteiger partial charge is 0.309 e. The van der Waals surface area contributed by atoms with Gasteiger partial charge in [0.15, 0.2) is 0 Å². The first-order valence-electron chi connectivity index (χ1n) is 6.07. The lowest BCUT2D eigenvalue weighted by Gasteiger charge is -2.16. The molecule has 0 aliphatic heterocycles. The lowest BCUT2D eigenvalue weighted by Crippen LogP contribution is -2.36. The van der Waals surface area contributed by atoms with Crippen molar-refractivity contribution in [2.24, 2.45) is 0 Å². The zero-order valence-corrected chi connectivity index (χ0v) is 13.0. The number of nitrogens with one attached hydrogen (secondary N) is 1. The molecule has 0 fully saturated rings. The minimum absolute atomic E-state index is 0.104. The summed E-state index contributed by atoms with van der Waals surface area (Å²) in [5.74, 6) is -1.06. The van der Waals surface area contributed by atoms with E-state index in [9.17, 15) is 22.9 Å². The summed E-state index contributed by atoms with van der Waals surface area (Å²) in [6, 6.07) is 0.323. The molecule has 0 bridgehead atoms. The number of ether oxygens (including phenoxy) is 1. The maximum Gasteiger partial charge on any atom is 0.309 e. The van der Waals surface area contributed by atoms with Crippen LogP contribution in [0.1, 0.15) is 18.1 Å². The van der Waals surface area contributed by atoms with E-state index in [1.54, 1.807) is 6.92 Å². The average molecular weight is 320 g/mol. The molecule has 0 saturated carbocycles. The lowest BCUT2D eigenvalue weighted by atomic mass is 10.1. The van der Waals surface area contributed by atoms with Crippen LogP contribution in [0.5, 0.6) is 0 Å². The molecule has 0 aliphatic carbocycles. The van der Waals surface area contributed by atoms with E-state index in [1.807, 2.05) is 0 Å². The summed E-state index contributed by atoms with van der Waals surface area (Å²) < 4.78 is 45.5. The van der Waals surface area contributed by atoms with Crippen molar-refractivity contribution in [2.45, 2.75) is 31.7 Å². The van der Waals surface area contributed by atoms with Crippen molar-refractivity contribution in [2.75, 3.05) is 13.7 Å². The molecule has 0 heterocycles. The fourth-order valence-electron chi connectivity index (χ4n) is 2.15. The topological polar surface area (TPSA) is 98.5 Å². The number of sulfonamides is 1. The molecule has 9 heteroatoms. The van der Waals surface area contributed by atoms with E-state index in [2.05, 4.69) is 4.72 Å². The van der Waals surface area contributed by atoms with Gasteiger partial charge in [-0.2, -0.15) is 4.39 Å². The molecule has 118 valence electrons. The van der Waals surface area contributed by atoms with Gasteiger partial charge in [-0.25, -0.2) is 13.1 Å². The summed E-state index contributed by atoms with van der Waals surface area (Å²) in [6.45, 7) is 4.32. The monoisotopic (exact) mass is 320 g/mol. The Morgan fingerprint density at radius 1 is 1.48 bits per heavy atom. The Morgan fingerprint density at radius 3 is 2.52 bits per heavy atom. The molecule has 0 saturated heterocycles. The van der Waals surface area contributed by atoms with Gasteiger partial charge in [0.2, 0.25) is 15.8 Å². The van der Waals surface area contributed by atoms with E-state index < -0.39 is 32.5 Å². The summed E-state index contributed by atoms with van der Waals surface area (Å²) in [6.07, 6.45) is 0. The Morgan fingerprint density at radius 2 is 2.05 bits per heavy atom. The molecule has 7 nitrogen and oxygen atoms in total. The second kappa shape index (κ2) is 6.46. The summed E-state index contributed by atoms with van der Waals surface area (Å²) in [5, 5.41) is 10.9. The fraction of sp³-hybridized carbons (Fsp3) is 0.500. The molecular formula is C12H17FN2O5S. The predicted octanol–water partition coefficient (Wildman–Crippen LogP) is 1.66. The van der Waals surface area contributed by atoms with Crippen LogP contribution < -0.4 is 4.72 Å². The number of nitro groups is 1. The number of rotatable bonds is 6. The van der Waals surface area contributed by atoms with Crippen LogP contribution in [0.25, 0.3) is 0 Å². The van der Waals surface area contributed by atoms with Crippen LogP contribution in [-0.2, 0) is 14.8 Å². The van der Waals surface area contributed by atoms with Crippen molar-refractivity contribution in [3.05, 3.63) is 33.1 Å². The van der Waals surface area contributed by atoms with Gasteiger partial charge in [-0.05, 0) is 32.4 Å². The maximum atomic E-state index is 13.6. The van der Waals surface area contributed by atoms with E-state index >= 15 is 0 Å². The molecule has 1 atom stereocenters. The molecule has 21 heavy (non-hydrogen) atoms. The molecule has 0 aromatic heterocycles. The Bertz CT molecular complexity index is 660. The first kappa shape index (κ1) is 17.5. The Hall–Kier alpha value is -1.58. The summed E-state index contributed by atoms with van der Waals surface area (Å²) in [4.78, 5) is 9.68. The number of halogens is 1. The van der Waals surface area contributed by atoms with Crippen molar-refractivity contribution in [3.8, 4) is 0 Å². The molecular weight excluding hydrogens is 303 g/mol. The quantitative estimate of drug-likeness (QED) is 0.635. The largest absolute Gasteiger partial charge is 0.383 e. The summed E-state index contributed by atoms with van der Waals surface area (Å²) in [7, 11) is -2.60. The maximum absolute atomic E-state index is 13.6. The number of nitrogens with zero attached hydrogens (tertiary/aromatic N) is 1. The molecule has 0 amide bonds. The van der Waals surface area contributed by atoms with Gasteiger partial charge in [0.25, 0.3) is 0 Å². The molecule has 1 N–H and O–H groups in total. The van der Waals surface area contributed by atoms with Gasteiger partial charge in [0.1, 0.15) is 0 Å². The van der Waals surface area contributed by atoms with Gasteiger partial charge in [-0.1, -0.05) is 0 Å². The molecule has 1 unspecified atom stereocenters. The van der Waals surface area contributed by atoms with Gasteiger partial charge >= 0.3 is 5.69 Å². The highest BCUT2D eigenvalue weighted by atomic mass is 32.2. The second-order valence-corrected chi connectivity index (χ2v) is 6.36. The van der Waals surface area contributed by atoms with Crippen LogP contribution in [0.15, 0.2) is 11.0 Å². The van der Waals surface area contributed by atoms with Crippen molar-refractivity contribution in [3.63, 3.8) is 0 Å². The van der Waals surface area contributed by atoms with Gasteiger partial charge < -0.3 is 4.74 Å². The van der Waals surface area contributed by atoms with Gasteiger partial charge in [-0.15, -0.1) is 0 Å². The highest BCUT2D eigenvalue weighted by Crippen LogP contribution is 2.31. The summed E-state index contributed by atoms with van der Waals surface area (Å²) in [5.41, 5.74) is -0.956. The number of aryl methyl sites for hydroxylation is 1. The third-order valence-electron chi connectivity index (χ3n) is 2.85. The highest BCUT2D eigenvalue weighted by molar-refractivity contribution is 7.89. The highest BCUT2D eigenvalue weighted by Gasteiger charge is 2.30. The van der Waals surface area contributed by atoms with Crippen LogP contribution in [0.3, 0.4) is 0 Å². The minimum Gasteiger partial charge on any atom is -0.383 e. The lowest BCUT2D eigenvalue weighted by molar-refractivity contribution is -0.388.